The first kappa shape index (κ1) is 14.0. The fourth-order valence-electron chi connectivity index (χ4n) is 2.38. The lowest BCUT2D eigenvalue weighted by Gasteiger charge is -2.21. The minimum absolute atomic E-state index is 0.0498. The van der Waals surface area contributed by atoms with Gasteiger partial charge in [-0.1, -0.05) is 19.3 Å². The third-order valence-electron chi connectivity index (χ3n) is 3.47. The molecular formula is C14H18ClNO3. The number of carbonyl (C=O) groups is 1. The van der Waals surface area contributed by atoms with Gasteiger partial charge in [-0.2, -0.15) is 0 Å². The van der Waals surface area contributed by atoms with Crippen molar-refractivity contribution in [3.63, 3.8) is 0 Å². The Morgan fingerprint density at radius 2 is 1.95 bits per heavy atom. The first-order chi connectivity index (χ1) is 9.08. The number of carbonyl (C=O) groups excluding carboxylic acids is 1. The third kappa shape index (κ3) is 3.53. The Morgan fingerprint density at radius 1 is 1.21 bits per heavy atom. The van der Waals surface area contributed by atoms with Crippen LogP contribution in [0, 0.1) is 0 Å². The molecule has 2 unspecified atom stereocenters. The van der Waals surface area contributed by atoms with Gasteiger partial charge in [0.2, 0.25) is 0 Å². The summed E-state index contributed by atoms with van der Waals surface area (Å²) in [5, 5.41) is 21.8. The highest BCUT2D eigenvalue weighted by Crippen LogP contribution is 2.25. The fraction of sp³-hybridized carbons (Fsp3) is 0.500. The van der Waals surface area contributed by atoms with E-state index in [1.807, 2.05) is 0 Å². The van der Waals surface area contributed by atoms with Crippen molar-refractivity contribution < 1.29 is 15.0 Å². The Hall–Kier alpha value is -1.42. The van der Waals surface area contributed by atoms with Crippen molar-refractivity contribution in [3.8, 4) is 11.5 Å². The monoisotopic (exact) mass is 283 g/mol. The number of phenols is 2. The minimum atomic E-state index is -0.397. The van der Waals surface area contributed by atoms with Crippen molar-refractivity contribution in [2.75, 3.05) is 0 Å². The van der Waals surface area contributed by atoms with Crippen LogP contribution in [0.4, 0.5) is 0 Å². The maximum atomic E-state index is 12.1. The van der Waals surface area contributed by atoms with E-state index in [2.05, 4.69) is 5.32 Å². The van der Waals surface area contributed by atoms with Gasteiger partial charge in [-0.3, -0.25) is 4.79 Å². The van der Waals surface area contributed by atoms with E-state index in [1.165, 1.54) is 18.2 Å². The molecule has 1 fully saturated rings. The number of benzene rings is 1. The predicted octanol–water partition coefficient (Wildman–Crippen LogP) is 2.77. The van der Waals surface area contributed by atoms with E-state index in [4.69, 9.17) is 11.6 Å². The Morgan fingerprint density at radius 3 is 2.74 bits per heavy atom. The lowest BCUT2D eigenvalue weighted by molar-refractivity contribution is 0.0931. The molecule has 5 heteroatoms. The molecule has 1 aromatic carbocycles. The number of rotatable bonds is 2. The second kappa shape index (κ2) is 6.15. The summed E-state index contributed by atoms with van der Waals surface area (Å²) in [7, 11) is 0. The van der Waals surface area contributed by atoms with Crippen molar-refractivity contribution in [2.45, 2.75) is 43.5 Å². The molecule has 0 radical (unpaired) electrons. The van der Waals surface area contributed by atoms with E-state index in [9.17, 15) is 15.0 Å². The third-order valence-corrected chi connectivity index (χ3v) is 4.00. The molecule has 0 saturated heterocycles. The molecule has 19 heavy (non-hydrogen) atoms. The summed E-state index contributed by atoms with van der Waals surface area (Å²) in [6.07, 6.45) is 4.99. The average Bonchev–Trinajstić information content (AvgIpc) is 2.58. The number of nitrogens with one attached hydrogen (secondary N) is 1. The molecule has 2 rings (SSSR count). The number of amides is 1. The molecule has 1 aliphatic carbocycles. The van der Waals surface area contributed by atoms with Crippen LogP contribution in [0.5, 0.6) is 11.5 Å². The van der Waals surface area contributed by atoms with Gasteiger partial charge >= 0.3 is 0 Å². The van der Waals surface area contributed by atoms with Crippen LogP contribution in [0.25, 0.3) is 0 Å². The first-order valence-electron chi connectivity index (χ1n) is 6.55. The average molecular weight is 284 g/mol. The highest BCUT2D eigenvalue weighted by atomic mass is 35.5. The second-order valence-corrected chi connectivity index (χ2v) is 5.50. The highest BCUT2D eigenvalue weighted by molar-refractivity contribution is 6.21. The Balaban J connectivity index is 2.09. The summed E-state index contributed by atoms with van der Waals surface area (Å²) in [6, 6.07) is 3.81. The largest absolute Gasteiger partial charge is 0.508 e. The summed E-state index contributed by atoms with van der Waals surface area (Å²) in [5.74, 6) is -0.591. The van der Waals surface area contributed by atoms with Crippen molar-refractivity contribution in [2.24, 2.45) is 0 Å². The molecule has 0 spiro atoms. The van der Waals surface area contributed by atoms with Gasteiger partial charge in [-0.25, -0.2) is 0 Å². The minimum Gasteiger partial charge on any atom is -0.508 e. The predicted molar refractivity (Wildman–Crippen MR) is 73.8 cm³/mol. The molecule has 0 aromatic heterocycles. The van der Waals surface area contributed by atoms with Gasteiger partial charge in [0, 0.05) is 6.04 Å². The molecule has 1 aromatic rings. The van der Waals surface area contributed by atoms with Crippen LogP contribution in [-0.4, -0.2) is 27.5 Å². The van der Waals surface area contributed by atoms with Crippen LogP contribution in [0.3, 0.4) is 0 Å². The molecule has 2 atom stereocenters. The van der Waals surface area contributed by atoms with Crippen LogP contribution >= 0.6 is 11.6 Å². The summed E-state index contributed by atoms with van der Waals surface area (Å²) >= 11 is 6.26. The maximum Gasteiger partial charge on any atom is 0.255 e. The lowest BCUT2D eigenvalue weighted by atomic mass is 10.1. The van der Waals surface area contributed by atoms with Gasteiger partial charge in [0.05, 0.1) is 10.9 Å². The topological polar surface area (TPSA) is 69.6 Å². The molecular weight excluding hydrogens is 266 g/mol. The quantitative estimate of drug-likeness (QED) is 0.444. The van der Waals surface area contributed by atoms with E-state index < -0.39 is 5.91 Å². The normalized spacial score (nSPS) is 23.6. The number of hydrogen-bond donors (Lipinski definition) is 3. The van der Waals surface area contributed by atoms with Crippen molar-refractivity contribution in [1.82, 2.24) is 5.32 Å². The zero-order valence-electron chi connectivity index (χ0n) is 10.6. The molecule has 0 heterocycles. The van der Waals surface area contributed by atoms with Gasteiger partial charge in [-0.15, -0.1) is 11.6 Å². The molecule has 1 aliphatic rings. The number of hydrogen-bond acceptors (Lipinski definition) is 3. The Bertz CT molecular complexity index is 464. The van der Waals surface area contributed by atoms with Gasteiger partial charge in [0.15, 0.2) is 0 Å². The number of phenolic OH excluding ortho intramolecular Hbond substituents is 2. The van der Waals surface area contributed by atoms with Crippen LogP contribution in [0.1, 0.15) is 42.5 Å². The van der Waals surface area contributed by atoms with Gasteiger partial charge in [0.25, 0.3) is 5.91 Å². The van der Waals surface area contributed by atoms with E-state index in [-0.39, 0.29) is 28.5 Å². The summed E-state index contributed by atoms with van der Waals surface area (Å²) in [6.45, 7) is 0. The standard InChI is InChI=1S/C14H18ClNO3/c15-11-4-2-1-3-5-12(11)16-14(19)10-8-9(17)6-7-13(10)18/h6-8,11-12,17-18H,1-5H2,(H,16,19). The first-order valence-corrected chi connectivity index (χ1v) is 6.98. The smallest absolute Gasteiger partial charge is 0.255 e. The van der Waals surface area contributed by atoms with Gasteiger partial charge in [-0.05, 0) is 31.0 Å². The molecule has 0 bridgehead atoms. The Labute approximate surface area is 117 Å². The van der Waals surface area contributed by atoms with Crippen molar-refractivity contribution >= 4 is 17.5 Å². The van der Waals surface area contributed by atoms with Crippen LogP contribution in [0.15, 0.2) is 18.2 Å². The molecule has 0 aliphatic heterocycles. The van der Waals surface area contributed by atoms with Crippen LogP contribution in [0.2, 0.25) is 0 Å². The summed E-state index contributed by atoms with van der Waals surface area (Å²) in [4.78, 5) is 12.1. The molecule has 104 valence electrons. The van der Waals surface area contributed by atoms with E-state index in [1.54, 1.807) is 0 Å². The van der Waals surface area contributed by atoms with E-state index in [0.29, 0.717) is 0 Å². The zero-order valence-corrected chi connectivity index (χ0v) is 11.4. The maximum absolute atomic E-state index is 12.1. The lowest BCUT2D eigenvalue weighted by Crippen LogP contribution is -2.40. The van der Waals surface area contributed by atoms with Crippen LogP contribution in [-0.2, 0) is 0 Å². The SMILES string of the molecule is O=C(NC1CCCCCC1Cl)c1cc(O)ccc1O. The van der Waals surface area contributed by atoms with Crippen LogP contribution < -0.4 is 5.32 Å². The van der Waals surface area contributed by atoms with Gasteiger partial charge in [0.1, 0.15) is 11.5 Å². The summed E-state index contributed by atoms with van der Waals surface area (Å²) < 4.78 is 0. The molecule has 1 saturated carbocycles. The van der Waals surface area contributed by atoms with Crippen molar-refractivity contribution in [1.29, 1.82) is 0 Å². The number of aromatic hydroxyl groups is 2. The van der Waals surface area contributed by atoms with Crippen molar-refractivity contribution in [3.05, 3.63) is 23.8 Å². The van der Waals surface area contributed by atoms with Gasteiger partial charge < -0.3 is 15.5 Å². The number of halogens is 1. The summed E-state index contributed by atoms with van der Waals surface area (Å²) in [5.41, 5.74) is 0.0770. The van der Waals surface area contributed by atoms with E-state index in [0.717, 1.165) is 32.1 Å². The zero-order chi connectivity index (χ0) is 13.8. The second-order valence-electron chi connectivity index (χ2n) is 4.94. The molecule has 1 amide bonds. The number of alkyl halides is 1. The van der Waals surface area contributed by atoms with E-state index >= 15 is 0 Å². The molecule has 4 nitrogen and oxygen atoms in total. The molecule has 3 N–H and O–H groups in total. The fourth-order valence-corrected chi connectivity index (χ4v) is 2.72. The Kier molecular flexibility index (Phi) is 4.53. The highest BCUT2D eigenvalue weighted by Gasteiger charge is 2.24.